The Hall–Kier alpha value is -0.120. The molecule has 0 aromatic rings. The highest BCUT2D eigenvalue weighted by molar-refractivity contribution is 4.81. The van der Waals surface area contributed by atoms with Crippen molar-refractivity contribution >= 4 is 0 Å². The fourth-order valence-corrected chi connectivity index (χ4v) is 1.83. The summed E-state index contributed by atoms with van der Waals surface area (Å²) >= 11 is 0. The standard InChI is InChI=1S/C10H22N2O/c1-8(2)10-7-12(5-4-11-10)6-9(3)13/h8-11,13H,4-7H2,1-3H3. The van der Waals surface area contributed by atoms with Gasteiger partial charge in [-0.05, 0) is 12.8 Å². The zero-order valence-corrected chi connectivity index (χ0v) is 8.95. The predicted octanol–water partition coefficient (Wildman–Crippen LogP) is 0.297. The second-order valence-electron chi connectivity index (χ2n) is 4.41. The molecule has 0 spiro atoms. The lowest BCUT2D eigenvalue weighted by molar-refractivity contribution is 0.0976. The van der Waals surface area contributed by atoms with Crippen LogP contribution in [0, 0.1) is 5.92 Å². The zero-order valence-electron chi connectivity index (χ0n) is 8.95. The molecule has 1 aliphatic heterocycles. The minimum Gasteiger partial charge on any atom is -0.392 e. The topological polar surface area (TPSA) is 35.5 Å². The van der Waals surface area contributed by atoms with Crippen molar-refractivity contribution in [1.29, 1.82) is 0 Å². The van der Waals surface area contributed by atoms with Crippen molar-refractivity contribution in [3.05, 3.63) is 0 Å². The highest BCUT2D eigenvalue weighted by atomic mass is 16.3. The van der Waals surface area contributed by atoms with Gasteiger partial charge in [0.15, 0.2) is 0 Å². The summed E-state index contributed by atoms with van der Waals surface area (Å²) in [5.41, 5.74) is 0. The van der Waals surface area contributed by atoms with Gasteiger partial charge in [-0.25, -0.2) is 0 Å². The van der Waals surface area contributed by atoms with E-state index in [1.54, 1.807) is 0 Å². The first-order valence-corrected chi connectivity index (χ1v) is 5.23. The molecule has 2 unspecified atom stereocenters. The first-order chi connectivity index (χ1) is 6.09. The summed E-state index contributed by atoms with van der Waals surface area (Å²) in [6.45, 7) is 10.3. The summed E-state index contributed by atoms with van der Waals surface area (Å²) in [4.78, 5) is 2.34. The van der Waals surface area contributed by atoms with Crippen LogP contribution in [0.5, 0.6) is 0 Å². The Balaban J connectivity index is 2.33. The minimum absolute atomic E-state index is 0.203. The molecule has 0 aromatic carbocycles. The van der Waals surface area contributed by atoms with Crippen LogP contribution in [0.3, 0.4) is 0 Å². The number of piperazine rings is 1. The Labute approximate surface area is 81.1 Å². The van der Waals surface area contributed by atoms with Gasteiger partial charge in [0.1, 0.15) is 0 Å². The number of nitrogens with one attached hydrogen (secondary N) is 1. The molecule has 0 bridgehead atoms. The van der Waals surface area contributed by atoms with Crippen molar-refractivity contribution in [3.8, 4) is 0 Å². The summed E-state index contributed by atoms with van der Waals surface area (Å²) in [6.07, 6.45) is -0.203. The van der Waals surface area contributed by atoms with Crippen LogP contribution in [0.2, 0.25) is 0 Å². The van der Waals surface area contributed by atoms with E-state index < -0.39 is 0 Å². The maximum atomic E-state index is 9.27. The van der Waals surface area contributed by atoms with Gasteiger partial charge < -0.3 is 10.4 Å². The van der Waals surface area contributed by atoms with E-state index >= 15 is 0 Å². The van der Waals surface area contributed by atoms with E-state index in [-0.39, 0.29) is 6.10 Å². The summed E-state index contributed by atoms with van der Waals surface area (Å²) in [5.74, 6) is 0.678. The van der Waals surface area contributed by atoms with E-state index in [2.05, 4.69) is 24.1 Å². The number of aliphatic hydroxyl groups excluding tert-OH is 1. The van der Waals surface area contributed by atoms with Gasteiger partial charge in [0.05, 0.1) is 6.10 Å². The summed E-state index contributed by atoms with van der Waals surface area (Å²) in [6, 6.07) is 0.590. The van der Waals surface area contributed by atoms with Crippen molar-refractivity contribution < 1.29 is 5.11 Å². The average Bonchev–Trinajstić information content (AvgIpc) is 2.03. The third kappa shape index (κ3) is 3.63. The zero-order chi connectivity index (χ0) is 9.84. The van der Waals surface area contributed by atoms with Crippen molar-refractivity contribution in [2.24, 2.45) is 5.92 Å². The molecule has 78 valence electrons. The summed E-state index contributed by atoms with van der Waals surface area (Å²) < 4.78 is 0. The Morgan fingerprint density at radius 2 is 2.15 bits per heavy atom. The molecule has 0 aromatic heterocycles. The number of aliphatic hydroxyl groups is 1. The van der Waals surface area contributed by atoms with Gasteiger partial charge in [0, 0.05) is 32.2 Å². The highest BCUT2D eigenvalue weighted by Crippen LogP contribution is 2.08. The van der Waals surface area contributed by atoms with Gasteiger partial charge >= 0.3 is 0 Å². The molecule has 1 saturated heterocycles. The normalized spacial score (nSPS) is 27.9. The molecule has 1 rings (SSSR count). The molecule has 3 nitrogen and oxygen atoms in total. The van der Waals surface area contributed by atoms with E-state index in [0.29, 0.717) is 12.0 Å². The molecule has 0 radical (unpaired) electrons. The predicted molar refractivity (Wildman–Crippen MR) is 54.7 cm³/mol. The Kier molecular flexibility index (Phi) is 4.16. The molecule has 13 heavy (non-hydrogen) atoms. The van der Waals surface area contributed by atoms with E-state index in [1.807, 2.05) is 6.92 Å². The van der Waals surface area contributed by atoms with Crippen LogP contribution >= 0.6 is 0 Å². The fourth-order valence-electron chi connectivity index (χ4n) is 1.83. The van der Waals surface area contributed by atoms with Gasteiger partial charge in [0.2, 0.25) is 0 Å². The van der Waals surface area contributed by atoms with Crippen LogP contribution in [0.25, 0.3) is 0 Å². The van der Waals surface area contributed by atoms with Crippen LogP contribution in [-0.2, 0) is 0 Å². The quantitative estimate of drug-likeness (QED) is 0.665. The lowest BCUT2D eigenvalue weighted by Crippen LogP contribution is -2.54. The van der Waals surface area contributed by atoms with Crippen molar-refractivity contribution in [2.45, 2.75) is 32.9 Å². The first-order valence-electron chi connectivity index (χ1n) is 5.23. The summed E-state index contributed by atoms with van der Waals surface area (Å²) in [5, 5.41) is 12.8. The Morgan fingerprint density at radius 3 is 2.69 bits per heavy atom. The smallest absolute Gasteiger partial charge is 0.0639 e. The van der Waals surface area contributed by atoms with Crippen LogP contribution in [0.15, 0.2) is 0 Å². The molecule has 0 saturated carbocycles. The maximum Gasteiger partial charge on any atom is 0.0639 e. The van der Waals surface area contributed by atoms with E-state index in [9.17, 15) is 5.11 Å². The number of β-amino-alcohol motifs (C(OH)–C–C–N with tert-alkyl or cyclic N) is 1. The molecule has 1 fully saturated rings. The van der Waals surface area contributed by atoms with E-state index in [0.717, 1.165) is 26.2 Å². The third-order valence-electron chi connectivity index (χ3n) is 2.62. The van der Waals surface area contributed by atoms with Gasteiger partial charge in [-0.2, -0.15) is 0 Å². The minimum atomic E-state index is -0.203. The second kappa shape index (κ2) is 4.94. The van der Waals surface area contributed by atoms with Gasteiger partial charge in [-0.3, -0.25) is 4.90 Å². The summed E-state index contributed by atoms with van der Waals surface area (Å²) in [7, 11) is 0. The maximum absolute atomic E-state index is 9.27. The van der Waals surface area contributed by atoms with Crippen molar-refractivity contribution in [1.82, 2.24) is 10.2 Å². The number of nitrogens with zero attached hydrogens (tertiary/aromatic N) is 1. The number of hydrogen-bond acceptors (Lipinski definition) is 3. The SMILES string of the molecule is CC(O)CN1CCNC(C(C)C)C1. The van der Waals surface area contributed by atoms with E-state index in [4.69, 9.17) is 0 Å². The van der Waals surface area contributed by atoms with Crippen LogP contribution < -0.4 is 5.32 Å². The molecule has 0 amide bonds. The third-order valence-corrected chi connectivity index (χ3v) is 2.62. The monoisotopic (exact) mass is 186 g/mol. The average molecular weight is 186 g/mol. The van der Waals surface area contributed by atoms with Crippen LogP contribution in [0.4, 0.5) is 0 Å². The van der Waals surface area contributed by atoms with Gasteiger partial charge in [0.25, 0.3) is 0 Å². The van der Waals surface area contributed by atoms with Gasteiger partial charge in [-0.1, -0.05) is 13.8 Å². The number of rotatable bonds is 3. The van der Waals surface area contributed by atoms with Gasteiger partial charge in [-0.15, -0.1) is 0 Å². The molecule has 1 aliphatic rings. The van der Waals surface area contributed by atoms with Crippen molar-refractivity contribution in [3.63, 3.8) is 0 Å². The Morgan fingerprint density at radius 1 is 1.46 bits per heavy atom. The molecular formula is C10H22N2O. The second-order valence-corrected chi connectivity index (χ2v) is 4.41. The van der Waals surface area contributed by atoms with Crippen LogP contribution in [-0.4, -0.2) is 48.3 Å². The fraction of sp³-hybridized carbons (Fsp3) is 1.00. The largest absolute Gasteiger partial charge is 0.392 e. The number of hydrogen-bond donors (Lipinski definition) is 2. The van der Waals surface area contributed by atoms with E-state index in [1.165, 1.54) is 0 Å². The lowest BCUT2D eigenvalue weighted by Gasteiger charge is -2.36. The van der Waals surface area contributed by atoms with Crippen molar-refractivity contribution in [2.75, 3.05) is 26.2 Å². The lowest BCUT2D eigenvalue weighted by atomic mass is 10.0. The Bertz CT molecular complexity index is 148. The molecule has 2 N–H and O–H groups in total. The molecular weight excluding hydrogens is 164 g/mol. The molecule has 0 aliphatic carbocycles. The molecule has 3 heteroatoms. The highest BCUT2D eigenvalue weighted by Gasteiger charge is 2.21. The molecule has 2 atom stereocenters. The first kappa shape index (κ1) is 11.0. The van der Waals surface area contributed by atoms with Crippen LogP contribution in [0.1, 0.15) is 20.8 Å². The molecule has 1 heterocycles.